The van der Waals surface area contributed by atoms with Gasteiger partial charge < -0.3 is 13.7 Å². The number of carbonyl (C=O) groups is 1. The Hall–Kier alpha value is -2.62. The number of fused-ring (bicyclic) bond motifs is 1. The minimum atomic E-state index is -3.69. The van der Waals surface area contributed by atoms with Crippen LogP contribution >= 0.6 is 11.6 Å². The van der Waals surface area contributed by atoms with Crippen LogP contribution in [0.25, 0.3) is 11.0 Å². The lowest BCUT2D eigenvalue weighted by Crippen LogP contribution is -2.17. The van der Waals surface area contributed by atoms with E-state index in [1.807, 2.05) is 0 Å². The van der Waals surface area contributed by atoms with Crippen LogP contribution < -0.4 is 10.3 Å². The average molecular weight is 425 g/mol. The molecule has 1 N–H and O–H groups in total. The Morgan fingerprint density at radius 3 is 2.68 bits per heavy atom. The molecule has 10 heteroatoms. The average Bonchev–Trinajstić information content (AvgIpc) is 3.03. The zero-order valence-electron chi connectivity index (χ0n) is 15.3. The van der Waals surface area contributed by atoms with Gasteiger partial charge in [0, 0.05) is 35.3 Å². The van der Waals surface area contributed by atoms with Crippen LogP contribution in [-0.2, 0) is 28.4 Å². The highest BCUT2D eigenvalue weighted by Crippen LogP contribution is 2.26. The number of benzene rings is 1. The topological polar surface area (TPSA) is 108 Å². The van der Waals surface area contributed by atoms with E-state index >= 15 is 0 Å². The summed E-state index contributed by atoms with van der Waals surface area (Å²) in [5.41, 5.74) is 0.977. The highest BCUT2D eigenvalue weighted by molar-refractivity contribution is 7.89. The molecule has 1 aromatic carbocycles. The van der Waals surface area contributed by atoms with Crippen molar-refractivity contribution in [1.29, 1.82) is 0 Å². The van der Waals surface area contributed by atoms with E-state index < -0.39 is 21.6 Å². The molecule has 0 amide bonds. The lowest BCUT2D eigenvalue weighted by Gasteiger charge is -2.09. The first-order chi connectivity index (χ1) is 13.1. The quantitative estimate of drug-likeness (QED) is 0.497. The number of aryl methyl sites for hydroxylation is 2. The van der Waals surface area contributed by atoms with Gasteiger partial charge in [0.25, 0.3) is 0 Å². The predicted octanol–water partition coefficient (Wildman–Crippen LogP) is 2.36. The van der Waals surface area contributed by atoms with Crippen molar-refractivity contribution in [3.63, 3.8) is 0 Å². The van der Waals surface area contributed by atoms with Gasteiger partial charge in [-0.25, -0.2) is 22.7 Å². The standard InChI is InChI=1S/C18H17ClN2O6S/c1-10-4-16-13(7-14(10)19)11(5-17(22)27-16)9-26-18(23)15-6-12(8-21(15)3)28(24,25)20-2/h4-8,20H,9H2,1-3H3. The molecule has 2 heterocycles. The van der Waals surface area contributed by atoms with Crippen molar-refractivity contribution in [1.82, 2.24) is 9.29 Å². The summed E-state index contributed by atoms with van der Waals surface area (Å²) >= 11 is 6.14. The van der Waals surface area contributed by atoms with E-state index in [0.29, 0.717) is 21.6 Å². The summed E-state index contributed by atoms with van der Waals surface area (Å²) < 4.78 is 37.7. The number of hydrogen-bond acceptors (Lipinski definition) is 6. The van der Waals surface area contributed by atoms with Crippen LogP contribution in [-0.4, -0.2) is 26.0 Å². The van der Waals surface area contributed by atoms with Crippen molar-refractivity contribution < 1.29 is 22.4 Å². The first kappa shape index (κ1) is 20.1. The zero-order valence-corrected chi connectivity index (χ0v) is 16.8. The van der Waals surface area contributed by atoms with E-state index in [4.69, 9.17) is 20.8 Å². The minimum Gasteiger partial charge on any atom is -0.456 e. The van der Waals surface area contributed by atoms with E-state index in [-0.39, 0.29) is 17.2 Å². The molecule has 3 rings (SSSR count). The third kappa shape index (κ3) is 3.82. The van der Waals surface area contributed by atoms with Crippen molar-refractivity contribution in [2.75, 3.05) is 7.05 Å². The maximum Gasteiger partial charge on any atom is 0.355 e. The molecule has 0 aliphatic heterocycles. The van der Waals surface area contributed by atoms with Gasteiger partial charge in [0.15, 0.2) is 0 Å². The summed E-state index contributed by atoms with van der Waals surface area (Å²) in [4.78, 5) is 24.2. The van der Waals surface area contributed by atoms with Crippen molar-refractivity contribution in [2.24, 2.45) is 7.05 Å². The monoisotopic (exact) mass is 424 g/mol. The van der Waals surface area contributed by atoms with Gasteiger partial charge in [-0.1, -0.05) is 11.6 Å². The van der Waals surface area contributed by atoms with Crippen LogP contribution in [0.1, 0.15) is 21.6 Å². The number of esters is 1. The Morgan fingerprint density at radius 2 is 2.00 bits per heavy atom. The Bertz CT molecular complexity index is 1240. The second-order valence-electron chi connectivity index (χ2n) is 6.14. The zero-order chi connectivity index (χ0) is 20.6. The number of ether oxygens (including phenoxy) is 1. The van der Waals surface area contributed by atoms with Gasteiger partial charge in [0.2, 0.25) is 10.0 Å². The molecule has 8 nitrogen and oxygen atoms in total. The number of aromatic nitrogens is 1. The van der Waals surface area contributed by atoms with E-state index in [9.17, 15) is 18.0 Å². The molecular formula is C18H17ClN2O6S. The van der Waals surface area contributed by atoms with Crippen molar-refractivity contribution in [3.8, 4) is 0 Å². The molecule has 0 saturated heterocycles. The summed E-state index contributed by atoms with van der Waals surface area (Å²) in [6.45, 7) is 1.57. The van der Waals surface area contributed by atoms with Gasteiger partial charge in [0.05, 0.1) is 0 Å². The van der Waals surface area contributed by atoms with Gasteiger partial charge in [-0.05, 0) is 37.7 Å². The summed E-state index contributed by atoms with van der Waals surface area (Å²) in [6.07, 6.45) is 1.30. The molecule has 0 bridgehead atoms. The van der Waals surface area contributed by atoms with Crippen LogP contribution in [0.5, 0.6) is 0 Å². The van der Waals surface area contributed by atoms with Gasteiger partial charge in [-0.2, -0.15) is 0 Å². The minimum absolute atomic E-state index is 0.0509. The fourth-order valence-corrected chi connectivity index (χ4v) is 3.65. The second-order valence-corrected chi connectivity index (χ2v) is 8.44. The Balaban J connectivity index is 1.90. The fourth-order valence-electron chi connectivity index (χ4n) is 2.69. The van der Waals surface area contributed by atoms with Crippen LogP contribution in [0.15, 0.2) is 44.6 Å². The lowest BCUT2D eigenvalue weighted by molar-refractivity contribution is 0.0462. The number of nitrogens with zero attached hydrogens (tertiary/aromatic N) is 1. The molecule has 148 valence electrons. The van der Waals surface area contributed by atoms with Gasteiger partial charge in [-0.3, -0.25) is 0 Å². The first-order valence-electron chi connectivity index (χ1n) is 8.12. The molecule has 0 radical (unpaired) electrons. The van der Waals surface area contributed by atoms with Crippen molar-refractivity contribution in [3.05, 3.63) is 62.7 Å². The summed E-state index contributed by atoms with van der Waals surface area (Å²) in [5.74, 6) is -0.736. The first-order valence-corrected chi connectivity index (χ1v) is 9.98. The molecule has 28 heavy (non-hydrogen) atoms. The molecule has 0 unspecified atom stereocenters. The van der Waals surface area contributed by atoms with Crippen LogP contribution in [0.3, 0.4) is 0 Å². The summed E-state index contributed by atoms with van der Waals surface area (Å²) in [7, 11) is -0.886. The highest BCUT2D eigenvalue weighted by Gasteiger charge is 2.20. The molecule has 0 aliphatic rings. The Morgan fingerprint density at radius 1 is 1.29 bits per heavy atom. The lowest BCUT2D eigenvalue weighted by atomic mass is 10.1. The number of carbonyl (C=O) groups excluding carboxylic acids is 1. The van der Waals surface area contributed by atoms with E-state index in [1.165, 1.54) is 37.0 Å². The third-order valence-corrected chi connectivity index (χ3v) is 6.02. The van der Waals surface area contributed by atoms with Gasteiger partial charge >= 0.3 is 11.6 Å². The second kappa shape index (κ2) is 7.42. The number of rotatable bonds is 5. The number of nitrogens with one attached hydrogen (secondary N) is 1. The Labute approximate surface area is 165 Å². The third-order valence-electron chi connectivity index (χ3n) is 4.24. The fraction of sp³-hybridized carbons (Fsp3) is 0.222. The predicted molar refractivity (Wildman–Crippen MR) is 103 cm³/mol. The molecule has 0 atom stereocenters. The smallest absolute Gasteiger partial charge is 0.355 e. The summed E-state index contributed by atoms with van der Waals surface area (Å²) in [5, 5.41) is 1.03. The molecule has 0 aliphatic carbocycles. The van der Waals surface area contributed by atoms with Crippen LogP contribution in [0.2, 0.25) is 5.02 Å². The molecule has 2 aromatic heterocycles. The van der Waals surface area contributed by atoms with Gasteiger partial charge in [0.1, 0.15) is 22.8 Å². The number of sulfonamides is 1. The highest BCUT2D eigenvalue weighted by atomic mass is 35.5. The maximum absolute atomic E-state index is 12.4. The maximum atomic E-state index is 12.4. The van der Waals surface area contributed by atoms with Crippen molar-refractivity contribution in [2.45, 2.75) is 18.4 Å². The van der Waals surface area contributed by atoms with E-state index in [1.54, 1.807) is 19.1 Å². The summed E-state index contributed by atoms with van der Waals surface area (Å²) in [6, 6.07) is 5.71. The molecule has 0 saturated carbocycles. The SMILES string of the molecule is CNS(=O)(=O)c1cc(C(=O)OCc2cc(=O)oc3cc(C)c(Cl)cc23)n(C)c1. The largest absolute Gasteiger partial charge is 0.456 e. The van der Waals surface area contributed by atoms with Crippen molar-refractivity contribution >= 4 is 38.6 Å². The molecule has 3 aromatic rings. The number of halogens is 1. The van der Waals surface area contributed by atoms with Crippen LogP contribution in [0.4, 0.5) is 0 Å². The van der Waals surface area contributed by atoms with Crippen LogP contribution in [0, 0.1) is 6.92 Å². The molecule has 0 fully saturated rings. The number of hydrogen-bond donors (Lipinski definition) is 1. The molecular weight excluding hydrogens is 408 g/mol. The van der Waals surface area contributed by atoms with E-state index in [2.05, 4.69) is 4.72 Å². The van der Waals surface area contributed by atoms with Gasteiger partial charge in [-0.15, -0.1) is 0 Å². The van der Waals surface area contributed by atoms with E-state index in [0.717, 1.165) is 5.56 Å². The normalized spacial score (nSPS) is 11.7. The Kier molecular flexibility index (Phi) is 5.33. The molecule has 0 spiro atoms.